The fourth-order valence-electron chi connectivity index (χ4n) is 7.87. The first-order valence-electron chi connectivity index (χ1n) is 15.9. The Kier molecular flexibility index (Phi) is 5.35. The van der Waals surface area contributed by atoms with Crippen molar-refractivity contribution in [3.8, 4) is 22.3 Å². The van der Waals surface area contributed by atoms with Gasteiger partial charge in [-0.3, -0.25) is 4.79 Å². The molecule has 10 rings (SSSR count). The molecular formula is C44H26O3. The SMILES string of the molecule is O=c1c2ccccc2oc2ccc(-c3ccc4c(c3)-c3cc5oc6ccccc6c5cc3C4(c3ccccc3)c3ccccc3)cc12. The molecule has 3 heteroatoms. The van der Waals surface area contributed by atoms with Crippen LogP contribution in [0.2, 0.25) is 0 Å². The molecule has 7 aromatic carbocycles. The van der Waals surface area contributed by atoms with Crippen LogP contribution in [0.1, 0.15) is 22.3 Å². The smallest absolute Gasteiger partial charge is 0.200 e. The van der Waals surface area contributed by atoms with Crippen LogP contribution in [0, 0.1) is 0 Å². The highest BCUT2D eigenvalue weighted by Gasteiger charge is 2.46. The molecule has 0 atom stereocenters. The molecule has 2 heterocycles. The molecule has 47 heavy (non-hydrogen) atoms. The van der Waals surface area contributed by atoms with Crippen LogP contribution in [0.4, 0.5) is 0 Å². The highest BCUT2D eigenvalue weighted by atomic mass is 16.3. The highest BCUT2D eigenvalue weighted by Crippen LogP contribution is 2.58. The second-order valence-electron chi connectivity index (χ2n) is 12.4. The monoisotopic (exact) mass is 602 g/mol. The summed E-state index contributed by atoms with van der Waals surface area (Å²) in [5.74, 6) is 0. The van der Waals surface area contributed by atoms with E-state index in [1.54, 1.807) is 0 Å². The summed E-state index contributed by atoms with van der Waals surface area (Å²) in [6, 6.07) is 54.6. The van der Waals surface area contributed by atoms with Crippen LogP contribution in [0.15, 0.2) is 171 Å². The average molecular weight is 603 g/mol. The van der Waals surface area contributed by atoms with E-state index in [4.69, 9.17) is 8.83 Å². The predicted molar refractivity (Wildman–Crippen MR) is 190 cm³/mol. The molecule has 0 saturated heterocycles. The maximum atomic E-state index is 13.5. The van der Waals surface area contributed by atoms with E-state index in [1.807, 2.05) is 54.6 Å². The molecule has 9 aromatic rings. The minimum absolute atomic E-state index is 0.0188. The van der Waals surface area contributed by atoms with E-state index >= 15 is 0 Å². The van der Waals surface area contributed by atoms with E-state index < -0.39 is 5.41 Å². The van der Waals surface area contributed by atoms with Gasteiger partial charge in [0.25, 0.3) is 0 Å². The maximum Gasteiger partial charge on any atom is 0.200 e. The van der Waals surface area contributed by atoms with Crippen molar-refractivity contribution in [1.29, 1.82) is 0 Å². The first kappa shape index (κ1) is 26.1. The number of para-hydroxylation sites is 2. The molecule has 220 valence electrons. The molecule has 0 fully saturated rings. The third-order valence-electron chi connectivity index (χ3n) is 9.96. The van der Waals surface area contributed by atoms with E-state index in [2.05, 4.69) is 103 Å². The van der Waals surface area contributed by atoms with Gasteiger partial charge in [-0.15, -0.1) is 0 Å². The lowest BCUT2D eigenvalue weighted by molar-refractivity contribution is 0.660. The van der Waals surface area contributed by atoms with Crippen LogP contribution >= 0.6 is 0 Å². The zero-order chi connectivity index (χ0) is 31.1. The second-order valence-corrected chi connectivity index (χ2v) is 12.4. The van der Waals surface area contributed by atoms with Crippen molar-refractivity contribution >= 4 is 43.9 Å². The van der Waals surface area contributed by atoms with Crippen LogP contribution in [0.25, 0.3) is 66.1 Å². The lowest BCUT2D eigenvalue weighted by Crippen LogP contribution is -2.28. The van der Waals surface area contributed by atoms with E-state index in [-0.39, 0.29) is 5.43 Å². The van der Waals surface area contributed by atoms with Gasteiger partial charge in [-0.2, -0.15) is 0 Å². The predicted octanol–water partition coefficient (Wildman–Crippen LogP) is 10.9. The molecule has 0 N–H and O–H groups in total. The number of benzene rings is 7. The molecule has 3 nitrogen and oxygen atoms in total. The zero-order valence-corrected chi connectivity index (χ0v) is 25.2. The lowest BCUT2D eigenvalue weighted by atomic mass is 9.67. The van der Waals surface area contributed by atoms with Gasteiger partial charge >= 0.3 is 0 Å². The molecular weight excluding hydrogens is 576 g/mol. The molecule has 0 amide bonds. The largest absolute Gasteiger partial charge is 0.456 e. The fourth-order valence-corrected chi connectivity index (χ4v) is 7.87. The molecule has 2 aromatic heterocycles. The lowest BCUT2D eigenvalue weighted by Gasteiger charge is -2.34. The Bertz CT molecular complexity index is 2710. The van der Waals surface area contributed by atoms with Crippen molar-refractivity contribution in [2.75, 3.05) is 0 Å². The van der Waals surface area contributed by atoms with E-state index in [0.29, 0.717) is 21.9 Å². The van der Waals surface area contributed by atoms with Crippen molar-refractivity contribution in [2.24, 2.45) is 0 Å². The van der Waals surface area contributed by atoms with Gasteiger partial charge in [0.05, 0.1) is 16.2 Å². The molecule has 0 aliphatic heterocycles. The summed E-state index contributed by atoms with van der Waals surface area (Å²) in [7, 11) is 0. The van der Waals surface area contributed by atoms with E-state index in [1.165, 1.54) is 22.3 Å². The van der Waals surface area contributed by atoms with Gasteiger partial charge in [0.1, 0.15) is 22.3 Å². The number of furan rings is 1. The van der Waals surface area contributed by atoms with Crippen LogP contribution in [0.3, 0.4) is 0 Å². The van der Waals surface area contributed by atoms with Gasteiger partial charge in [-0.05, 0) is 93.0 Å². The molecule has 0 saturated carbocycles. The summed E-state index contributed by atoms with van der Waals surface area (Å²) in [6.07, 6.45) is 0. The van der Waals surface area contributed by atoms with Crippen molar-refractivity contribution in [2.45, 2.75) is 5.41 Å². The quantitative estimate of drug-likeness (QED) is 0.189. The Morgan fingerprint density at radius 1 is 0.383 bits per heavy atom. The van der Waals surface area contributed by atoms with Crippen molar-refractivity contribution < 1.29 is 8.83 Å². The van der Waals surface area contributed by atoms with Gasteiger partial charge in [0.15, 0.2) is 0 Å². The van der Waals surface area contributed by atoms with Gasteiger partial charge in [-0.25, -0.2) is 0 Å². The number of hydrogen-bond acceptors (Lipinski definition) is 3. The topological polar surface area (TPSA) is 43.4 Å². The minimum atomic E-state index is -0.540. The molecule has 0 spiro atoms. The average Bonchev–Trinajstić information content (AvgIpc) is 3.64. The van der Waals surface area contributed by atoms with Crippen LogP contribution in [-0.4, -0.2) is 0 Å². The number of fused-ring (bicyclic) bond motifs is 8. The summed E-state index contributed by atoms with van der Waals surface area (Å²) in [6.45, 7) is 0. The van der Waals surface area contributed by atoms with Crippen LogP contribution in [0.5, 0.6) is 0 Å². The number of hydrogen-bond donors (Lipinski definition) is 0. The van der Waals surface area contributed by atoms with E-state index in [0.717, 1.165) is 44.2 Å². The van der Waals surface area contributed by atoms with Crippen molar-refractivity contribution in [3.05, 3.63) is 190 Å². The van der Waals surface area contributed by atoms with Crippen LogP contribution in [-0.2, 0) is 5.41 Å². The fraction of sp³-hybridized carbons (Fsp3) is 0.0227. The number of rotatable bonds is 3. The molecule has 0 radical (unpaired) electrons. The zero-order valence-electron chi connectivity index (χ0n) is 25.2. The van der Waals surface area contributed by atoms with Gasteiger partial charge in [-0.1, -0.05) is 109 Å². The third kappa shape index (κ3) is 3.60. The van der Waals surface area contributed by atoms with Gasteiger partial charge in [0.2, 0.25) is 5.43 Å². The first-order valence-corrected chi connectivity index (χ1v) is 15.9. The standard InChI is InChI=1S/C44H26O3/c45-43-32-16-8-10-18-40(32)46-41-22-20-28(24-36(41)43)27-19-21-37-33(23-27)34-26-42-35(31-15-7-9-17-39(31)47-42)25-38(34)44(37,29-11-3-1-4-12-29)30-13-5-2-6-14-30/h1-26H. The Labute approximate surface area is 270 Å². The summed E-state index contributed by atoms with van der Waals surface area (Å²) in [5.41, 5.74) is 11.5. The third-order valence-corrected chi connectivity index (χ3v) is 9.96. The Morgan fingerprint density at radius 3 is 1.68 bits per heavy atom. The molecule has 1 aliphatic rings. The summed E-state index contributed by atoms with van der Waals surface area (Å²) in [4.78, 5) is 13.5. The van der Waals surface area contributed by atoms with Gasteiger partial charge in [0, 0.05) is 10.8 Å². The Morgan fingerprint density at radius 2 is 0.936 bits per heavy atom. The van der Waals surface area contributed by atoms with Crippen molar-refractivity contribution in [3.63, 3.8) is 0 Å². The Balaban J connectivity index is 1.28. The summed E-state index contributed by atoms with van der Waals surface area (Å²) in [5, 5.41) is 3.39. The minimum Gasteiger partial charge on any atom is -0.456 e. The molecule has 0 bridgehead atoms. The van der Waals surface area contributed by atoms with Gasteiger partial charge < -0.3 is 8.83 Å². The highest BCUT2D eigenvalue weighted by molar-refractivity contribution is 6.08. The normalized spacial score (nSPS) is 13.4. The summed E-state index contributed by atoms with van der Waals surface area (Å²) >= 11 is 0. The maximum absolute atomic E-state index is 13.5. The van der Waals surface area contributed by atoms with Crippen LogP contribution < -0.4 is 5.43 Å². The Hall–Kier alpha value is -6.19. The van der Waals surface area contributed by atoms with E-state index in [9.17, 15) is 4.79 Å². The molecule has 1 aliphatic carbocycles. The second kappa shape index (κ2) is 9.65. The molecule has 0 unspecified atom stereocenters. The first-order chi connectivity index (χ1) is 23.2. The van der Waals surface area contributed by atoms with Crippen molar-refractivity contribution in [1.82, 2.24) is 0 Å². The summed E-state index contributed by atoms with van der Waals surface area (Å²) < 4.78 is 12.6.